The summed E-state index contributed by atoms with van der Waals surface area (Å²) in [4.78, 5) is 3.23. The molecule has 0 N–H and O–H groups in total. The van der Waals surface area contributed by atoms with Gasteiger partial charge in [0.1, 0.15) is 0 Å². The maximum absolute atomic E-state index is 3.23. The summed E-state index contributed by atoms with van der Waals surface area (Å²) in [6.07, 6.45) is 4.97. The summed E-state index contributed by atoms with van der Waals surface area (Å²) < 4.78 is 0. The molecular weight excluding hydrogens is 187 g/mol. The van der Waals surface area contributed by atoms with Crippen molar-refractivity contribution in [1.82, 2.24) is 0 Å². The van der Waals surface area contributed by atoms with Gasteiger partial charge in [-0.2, -0.15) is 0 Å². The molecule has 0 atom stereocenters. The fourth-order valence-corrected chi connectivity index (χ4v) is 2.05. The molecule has 0 spiro atoms. The van der Waals surface area contributed by atoms with Gasteiger partial charge in [0.05, 0.1) is 0 Å². The maximum atomic E-state index is 3.23. The Morgan fingerprint density at radius 2 is 2.00 bits per heavy atom. The van der Waals surface area contributed by atoms with Crippen LogP contribution in [0.15, 0.2) is 0 Å². The molecule has 0 aromatic carbocycles. The van der Waals surface area contributed by atoms with Crippen molar-refractivity contribution < 1.29 is 0 Å². The Bertz CT molecular complexity index is 108. The molecule has 0 bridgehead atoms. The molecule has 0 nitrogen and oxygen atoms in total. The van der Waals surface area contributed by atoms with Gasteiger partial charge in [-0.05, 0) is 0 Å². The van der Waals surface area contributed by atoms with E-state index in [4.69, 9.17) is 0 Å². The summed E-state index contributed by atoms with van der Waals surface area (Å²) in [7, 11) is 0. The van der Waals surface area contributed by atoms with Crippen molar-refractivity contribution in [2.75, 3.05) is 0 Å². The summed E-state index contributed by atoms with van der Waals surface area (Å²) in [6.45, 7) is 4.41. The Hall–Kier alpha value is 0.0795. The standard InChI is InChI=1S/C9H16Se/c1-3-5-7-9-10-8-6-4-2/h3-6,8H2,1-2H3. The van der Waals surface area contributed by atoms with E-state index in [1.54, 1.807) is 0 Å². The van der Waals surface area contributed by atoms with Gasteiger partial charge >= 0.3 is 70.5 Å². The first-order valence-corrected chi connectivity index (χ1v) is 6.08. The average Bonchev–Trinajstić information content (AvgIpc) is 1.97. The van der Waals surface area contributed by atoms with Crippen LogP contribution in [0.3, 0.4) is 0 Å². The van der Waals surface area contributed by atoms with E-state index in [1.807, 2.05) is 0 Å². The first kappa shape index (κ1) is 10.1. The van der Waals surface area contributed by atoms with Gasteiger partial charge in [0.2, 0.25) is 0 Å². The van der Waals surface area contributed by atoms with E-state index in [1.165, 1.54) is 24.6 Å². The molecule has 1 heteroatoms. The van der Waals surface area contributed by atoms with Gasteiger partial charge in [-0.25, -0.2) is 0 Å². The van der Waals surface area contributed by atoms with E-state index in [9.17, 15) is 0 Å². The molecule has 0 saturated carbocycles. The van der Waals surface area contributed by atoms with Gasteiger partial charge in [0.25, 0.3) is 0 Å². The summed E-state index contributed by atoms with van der Waals surface area (Å²) in [5, 5.41) is 1.35. The zero-order valence-electron chi connectivity index (χ0n) is 6.94. The van der Waals surface area contributed by atoms with Crippen molar-refractivity contribution >= 4 is 15.0 Å². The second kappa shape index (κ2) is 9.08. The van der Waals surface area contributed by atoms with Gasteiger partial charge in [-0.1, -0.05) is 0 Å². The minimum absolute atomic E-state index is 0.616. The molecule has 0 aromatic heterocycles. The number of rotatable bonds is 4. The molecule has 0 fully saturated rings. The third-order valence-corrected chi connectivity index (χ3v) is 2.76. The first-order chi connectivity index (χ1) is 4.91. The fourth-order valence-electron chi connectivity index (χ4n) is 0.495. The van der Waals surface area contributed by atoms with Crippen molar-refractivity contribution in [1.29, 1.82) is 0 Å². The molecule has 0 aromatic rings. The van der Waals surface area contributed by atoms with Crippen LogP contribution in [-0.4, -0.2) is 15.0 Å². The topological polar surface area (TPSA) is 0 Å². The van der Waals surface area contributed by atoms with Crippen molar-refractivity contribution in [2.24, 2.45) is 0 Å². The monoisotopic (exact) mass is 204 g/mol. The SMILES string of the molecule is CCCC#C[Se]CCCC. The van der Waals surface area contributed by atoms with Crippen LogP contribution in [-0.2, 0) is 0 Å². The summed E-state index contributed by atoms with van der Waals surface area (Å²) in [6, 6.07) is 0. The van der Waals surface area contributed by atoms with Crippen LogP contribution in [0.4, 0.5) is 0 Å². The van der Waals surface area contributed by atoms with Crippen molar-refractivity contribution in [3.05, 3.63) is 0 Å². The van der Waals surface area contributed by atoms with Gasteiger partial charge in [0, 0.05) is 0 Å². The van der Waals surface area contributed by atoms with E-state index in [2.05, 4.69) is 24.6 Å². The van der Waals surface area contributed by atoms with Crippen LogP contribution >= 0.6 is 0 Å². The van der Waals surface area contributed by atoms with Crippen LogP contribution in [0.25, 0.3) is 0 Å². The van der Waals surface area contributed by atoms with Crippen LogP contribution < -0.4 is 0 Å². The molecule has 10 heavy (non-hydrogen) atoms. The molecule has 0 radical (unpaired) electrons. The second-order valence-electron chi connectivity index (χ2n) is 2.23. The Morgan fingerprint density at radius 1 is 1.20 bits per heavy atom. The summed E-state index contributed by atoms with van der Waals surface area (Å²) in [5.41, 5.74) is 0. The Kier molecular flexibility index (Phi) is 9.15. The number of unbranched alkanes of at least 4 members (excludes halogenated alkanes) is 2. The van der Waals surface area contributed by atoms with Crippen molar-refractivity contribution in [3.8, 4) is 10.7 Å². The molecule has 0 amide bonds. The molecule has 0 unspecified atom stereocenters. The minimum atomic E-state index is 0.616. The average molecular weight is 203 g/mol. The van der Waals surface area contributed by atoms with Gasteiger partial charge in [0.15, 0.2) is 0 Å². The van der Waals surface area contributed by atoms with Crippen molar-refractivity contribution in [2.45, 2.75) is 44.9 Å². The van der Waals surface area contributed by atoms with E-state index < -0.39 is 0 Å². The summed E-state index contributed by atoms with van der Waals surface area (Å²) >= 11 is 0.616. The Balaban J connectivity index is 2.96. The summed E-state index contributed by atoms with van der Waals surface area (Å²) in [5.74, 6) is 3.17. The number of hydrogen-bond acceptors (Lipinski definition) is 0. The zero-order valence-corrected chi connectivity index (χ0v) is 8.66. The van der Waals surface area contributed by atoms with E-state index in [-0.39, 0.29) is 0 Å². The van der Waals surface area contributed by atoms with Crippen LogP contribution in [0, 0.1) is 10.7 Å². The molecule has 0 saturated heterocycles. The second-order valence-corrected chi connectivity index (χ2v) is 4.12. The normalized spacial score (nSPS) is 8.60. The Labute approximate surface area is 70.9 Å². The molecule has 0 aliphatic heterocycles. The fraction of sp³-hybridized carbons (Fsp3) is 0.778. The Morgan fingerprint density at radius 3 is 2.60 bits per heavy atom. The van der Waals surface area contributed by atoms with Crippen LogP contribution in [0.5, 0.6) is 0 Å². The molecule has 0 rings (SSSR count). The first-order valence-electron chi connectivity index (χ1n) is 4.01. The third-order valence-electron chi connectivity index (χ3n) is 1.12. The predicted molar refractivity (Wildman–Crippen MR) is 48.2 cm³/mol. The molecule has 0 heterocycles. The van der Waals surface area contributed by atoms with Gasteiger partial charge in [-0.3, -0.25) is 0 Å². The molecular formula is C9H16Se. The van der Waals surface area contributed by atoms with Gasteiger partial charge < -0.3 is 0 Å². The van der Waals surface area contributed by atoms with E-state index in [0.717, 1.165) is 6.42 Å². The molecule has 0 aliphatic carbocycles. The van der Waals surface area contributed by atoms with Gasteiger partial charge in [-0.15, -0.1) is 0 Å². The van der Waals surface area contributed by atoms with Crippen molar-refractivity contribution in [3.63, 3.8) is 0 Å². The predicted octanol–water partition coefficient (Wildman–Crippen LogP) is 2.67. The zero-order chi connectivity index (χ0) is 7.66. The van der Waals surface area contributed by atoms with E-state index >= 15 is 0 Å². The van der Waals surface area contributed by atoms with E-state index in [0.29, 0.717) is 15.0 Å². The number of hydrogen-bond donors (Lipinski definition) is 0. The third kappa shape index (κ3) is 8.08. The molecule has 0 aliphatic rings. The van der Waals surface area contributed by atoms with Crippen LogP contribution in [0.1, 0.15) is 39.5 Å². The van der Waals surface area contributed by atoms with Crippen LogP contribution in [0.2, 0.25) is 5.32 Å². The quantitative estimate of drug-likeness (QED) is 0.374. The molecule has 58 valence electrons.